The zero-order chi connectivity index (χ0) is 18.6. The largest absolute Gasteiger partial charge is 0.349 e. The molecule has 6 nitrogen and oxygen atoms in total. The molecule has 0 unspecified atom stereocenters. The first-order valence-corrected chi connectivity index (χ1v) is 9.00. The van der Waals surface area contributed by atoms with E-state index in [0.29, 0.717) is 18.3 Å². The molecule has 0 spiro atoms. The molecule has 3 rings (SSSR count). The van der Waals surface area contributed by atoms with Gasteiger partial charge in [0.15, 0.2) is 11.8 Å². The monoisotopic (exact) mass is 353 g/mol. The number of aliphatic imine (C=N–C) groups is 1. The van der Waals surface area contributed by atoms with Crippen molar-refractivity contribution in [2.45, 2.75) is 39.2 Å². The second-order valence-corrected chi connectivity index (χ2v) is 7.46. The molecule has 1 aromatic carbocycles. The highest BCUT2D eigenvalue weighted by Gasteiger charge is 2.22. The topological polar surface area (TPSA) is 66.5 Å². The fourth-order valence-corrected chi connectivity index (χ4v) is 2.90. The molecule has 0 saturated heterocycles. The lowest BCUT2D eigenvalue weighted by Crippen LogP contribution is -2.43. The number of hydrogen-bond donors (Lipinski definition) is 1. The number of guanidine groups is 1. The summed E-state index contributed by atoms with van der Waals surface area (Å²) in [5.41, 5.74) is 2.56. The van der Waals surface area contributed by atoms with Crippen LogP contribution in [0.3, 0.4) is 0 Å². The van der Waals surface area contributed by atoms with Crippen LogP contribution in [0.5, 0.6) is 0 Å². The predicted molar refractivity (Wildman–Crippen MR) is 104 cm³/mol. The van der Waals surface area contributed by atoms with Crippen LogP contribution < -0.4 is 5.32 Å². The molecular weight excluding hydrogens is 326 g/mol. The van der Waals surface area contributed by atoms with Crippen molar-refractivity contribution in [2.24, 2.45) is 4.99 Å². The Balaban J connectivity index is 1.59. The fourth-order valence-electron chi connectivity index (χ4n) is 2.90. The highest BCUT2D eigenvalue weighted by molar-refractivity contribution is 5.81. The van der Waals surface area contributed by atoms with E-state index < -0.39 is 0 Å². The van der Waals surface area contributed by atoms with Crippen molar-refractivity contribution >= 4 is 11.5 Å². The molecule has 0 amide bonds. The number of nitrogens with zero attached hydrogens (tertiary/aromatic N) is 4. The van der Waals surface area contributed by atoms with Crippen LogP contribution in [-0.2, 0) is 12.0 Å². The van der Waals surface area contributed by atoms with Crippen LogP contribution in [0.2, 0.25) is 0 Å². The molecule has 0 atom stereocenters. The van der Waals surface area contributed by atoms with E-state index in [1.54, 1.807) is 7.05 Å². The maximum atomic E-state index is 5.34. The summed E-state index contributed by atoms with van der Waals surface area (Å²) in [6, 6.07) is 10.5. The molecule has 0 radical (unpaired) electrons. The Morgan fingerprint density at radius 1 is 1.27 bits per heavy atom. The highest BCUT2D eigenvalue weighted by Crippen LogP contribution is 2.22. The molecule has 0 saturated carbocycles. The summed E-state index contributed by atoms with van der Waals surface area (Å²) in [5, 5.41) is 7.39. The van der Waals surface area contributed by atoms with Crippen LogP contribution in [0.15, 0.2) is 45.9 Å². The summed E-state index contributed by atoms with van der Waals surface area (Å²) in [7, 11) is 1.80. The van der Waals surface area contributed by atoms with E-state index in [1.807, 2.05) is 6.07 Å². The molecular formula is C20H27N5O. The van der Waals surface area contributed by atoms with Crippen LogP contribution in [0.4, 0.5) is 0 Å². The second-order valence-electron chi connectivity index (χ2n) is 7.46. The number of aromatic nitrogens is 2. The molecule has 26 heavy (non-hydrogen) atoms. The Labute approximate surface area is 155 Å². The lowest BCUT2D eigenvalue weighted by atomic mass is 9.97. The second kappa shape index (κ2) is 7.72. The minimum atomic E-state index is -0.140. The molecule has 0 bridgehead atoms. The first-order chi connectivity index (χ1) is 12.5. The molecule has 1 N–H and O–H groups in total. The minimum absolute atomic E-state index is 0.140. The van der Waals surface area contributed by atoms with Crippen LogP contribution >= 0.6 is 0 Å². The lowest BCUT2D eigenvalue weighted by molar-refractivity contribution is 0.318. The van der Waals surface area contributed by atoms with Crippen molar-refractivity contribution in [1.82, 2.24) is 20.4 Å². The molecule has 0 aliphatic carbocycles. The van der Waals surface area contributed by atoms with Gasteiger partial charge in [0.1, 0.15) is 0 Å². The van der Waals surface area contributed by atoms with E-state index in [9.17, 15) is 0 Å². The van der Waals surface area contributed by atoms with E-state index in [4.69, 9.17) is 4.52 Å². The van der Waals surface area contributed by atoms with Crippen molar-refractivity contribution in [1.29, 1.82) is 0 Å². The first-order valence-electron chi connectivity index (χ1n) is 9.00. The van der Waals surface area contributed by atoms with Gasteiger partial charge in [-0.05, 0) is 17.6 Å². The third-order valence-electron chi connectivity index (χ3n) is 4.38. The van der Waals surface area contributed by atoms with Gasteiger partial charge in [-0.2, -0.15) is 4.98 Å². The SMILES string of the molecule is CN=C(NCc1noc(C(C)(C)C)n1)N1CC=C(c2ccccc2)CC1. The van der Waals surface area contributed by atoms with Crippen LogP contribution in [-0.4, -0.2) is 41.1 Å². The van der Waals surface area contributed by atoms with Gasteiger partial charge < -0.3 is 14.7 Å². The Kier molecular flexibility index (Phi) is 5.40. The van der Waals surface area contributed by atoms with E-state index in [-0.39, 0.29) is 5.41 Å². The van der Waals surface area contributed by atoms with Gasteiger partial charge in [-0.15, -0.1) is 0 Å². The summed E-state index contributed by atoms with van der Waals surface area (Å²) in [6.45, 7) is 8.43. The molecule has 0 fully saturated rings. The lowest BCUT2D eigenvalue weighted by Gasteiger charge is -2.29. The van der Waals surface area contributed by atoms with Gasteiger partial charge >= 0.3 is 0 Å². The van der Waals surface area contributed by atoms with Crippen LogP contribution in [0.1, 0.15) is 44.5 Å². The molecule has 6 heteroatoms. The molecule has 2 heterocycles. The van der Waals surface area contributed by atoms with Gasteiger partial charge in [0.25, 0.3) is 0 Å². The summed E-state index contributed by atoms with van der Waals surface area (Å²) in [5.74, 6) is 2.15. The van der Waals surface area contributed by atoms with E-state index >= 15 is 0 Å². The molecule has 138 valence electrons. The average Bonchev–Trinajstić information content (AvgIpc) is 3.13. The summed E-state index contributed by atoms with van der Waals surface area (Å²) in [6.07, 6.45) is 3.28. The standard InChI is InChI=1S/C20H27N5O/c1-20(2,3)18-23-17(24-26-18)14-22-19(21-4)25-12-10-16(11-13-25)15-8-6-5-7-9-15/h5-10H,11-14H2,1-4H3,(H,21,22). The maximum Gasteiger partial charge on any atom is 0.232 e. The average molecular weight is 353 g/mol. The van der Waals surface area contributed by atoms with Gasteiger partial charge in [-0.3, -0.25) is 4.99 Å². The first kappa shape index (κ1) is 18.2. The van der Waals surface area contributed by atoms with Crippen molar-refractivity contribution in [3.05, 3.63) is 53.7 Å². The van der Waals surface area contributed by atoms with Gasteiger partial charge in [0.2, 0.25) is 5.89 Å². The van der Waals surface area contributed by atoms with Gasteiger partial charge in [0.05, 0.1) is 6.54 Å². The fraction of sp³-hybridized carbons (Fsp3) is 0.450. The van der Waals surface area contributed by atoms with E-state index in [2.05, 4.69) is 76.5 Å². The Bertz CT molecular complexity index is 786. The third kappa shape index (κ3) is 4.31. The van der Waals surface area contributed by atoms with Crippen molar-refractivity contribution < 1.29 is 4.52 Å². The molecule has 1 aromatic heterocycles. The third-order valence-corrected chi connectivity index (χ3v) is 4.38. The van der Waals surface area contributed by atoms with E-state index in [0.717, 1.165) is 25.5 Å². The minimum Gasteiger partial charge on any atom is -0.349 e. The van der Waals surface area contributed by atoms with Gasteiger partial charge in [0, 0.05) is 25.6 Å². The predicted octanol–water partition coefficient (Wildman–Crippen LogP) is 3.23. The van der Waals surface area contributed by atoms with Crippen molar-refractivity contribution in [2.75, 3.05) is 20.1 Å². The molecule has 1 aliphatic heterocycles. The van der Waals surface area contributed by atoms with Crippen LogP contribution in [0.25, 0.3) is 5.57 Å². The number of hydrogen-bond acceptors (Lipinski definition) is 4. The summed E-state index contributed by atoms with van der Waals surface area (Å²) < 4.78 is 5.34. The normalized spacial score (nSPS) is 15.8. The zero-order valence-corrected chi connectivity index (χ0v) is 16.0. The number of benzene rings is 1. The quantitative estimate of drug-likeness (QED) is 0.678. The summed E-state index contributed by atoms with van der Waals surface area (Å²) >= 11 is 0. The van der Waals surface area contributed by atoms with Crippen LogP contribution in [0, 0.1) is 0 Å². The Hall–Kier alpha value is -2.63. The Morgan fingerprint density at radius 3 is 2.62 bits per heavy atom. The smallest absolute Gasteiger partial charge is 0.232 e. The molecule has 2 aromatic rings. The van der Waals surface area contributed by atoms with Gasteiger partial charge in [-0.25, -0.2) is 0 Å². The highest BCUT2D eigenvalue weighted by atomic mass is 16.5. The summed E-state index contributed by atoms with van der Waals surface area (Å²) in [4.78, 5) is 11.1. The van der Waals surface area contributed by atoms with Crippen molar-refractivity contribution in [3.8, 4) is 0 Å². The Morgan fingerprint density at radius 2 is 2.04 bits per heavy atom. The maximum absolute atomic E-state index is 5.34. The van der Waals surface area contributed by atoms with E-state index in [1.165, 1.54) is 11.1 Å². The number of rotatable bonds is 3. The zero-order valence-electron chi connectivity index (χ0n) is 16.0. The van der Waals surface area contributed by atoms with Crippen molar-refractivity contribution in [3.63, 3.8) is 0 Å². The van der Waals surface area contributed by atoms with Gasteiger partial charge in [-0.1, -0.05) is 62.3 Å². The molecule has 1 aliphatic rings. The number of nitrogens with one attached hydrogen (secondary N) is 1.